The second-order valence-electron chi connectivity index (χ2n) is 7.89. The van der Waals surface area contributed by atoms with E-state index in [1.165, 1.54) is 16.4 Å². The van der Waals surface area contributed by atoms with Crippen LogP contribution < -0.4 is 10.1 Å². The van der Waals surface area contributed by atoms with Gasteiger partial charge in [0.05, 0.1) is 4.90 Å². The number of imidazole rings is 1. The van der Waals surface area contributed by atoms with Gasteiger partial charge >= 0.3 is 0 Å². The highest BCUT2D eigenvalue weighted by atomic mass is 35.5. The molecule has 1 N–H and O–H groups in total. The van der Waals surface area contributed by atoms with E-state index in [0.717, 1.165) is 5.82 Å². The summed E-state index contributed by atoms with van der Waals surface area (Å²) < 4.78 is 34.7. The number of rotatable bonds is 7. The lowest BCUT2D eigenvalue weighted by atomic mass is 9.97. The molecular weight excluding hydrogens is 464 g/mol. The minimum atomic E-state index is -3.59. The van der Waals surface area contributed by atoms with Gasteiger partial charge < -0.3 is 14.6 Å². The molecule has 1 aliphatic rings. The topological polar surface area (TPSA) is 93.5 Å². The van der Waals surface area contributed by atoms with Crippen molar-refractivity contribution in [1.82, 2.24) is 13.9 Å². The number of aryl methyl sites for hydroxylation is 1. The Labute approximate surface area is 198 Å². The zero-order valence-electron chi connectivity index (χ0n) is 18.1. The van der Waals surface area contributed by atoms with Crippen molar-refractivity contribution in [3.8, 4) is 5.75 Å². The van der Waals surface area contributed by atoms with Crippen molar-refractivity contribution in [2.45, 2.75) is 24.3 Å². The summed E-state index contributed by atoms with van der Waals surface area (Å²) in [7, 11) is -1.69. The van der Waals surface area contributed by atoms with Crippen molar-refractivity contribution in [2.24, 2.45) is 13.0 Å². The van der Waals surface area contributed by atoms with Crippen LogP contribution in [0.25, 0.3) is 0 Å². The van der Waals surface area contributed by atoms with Crippen LogP contribution >= 0.6 is 11.6 Å². The lowest BCUT2D eigenvalue weighted by molar-refractivity contribution is -0.120. The monoisotopic (exact) mass is 488 g/mol. The molecule has 0 aliphatic carbocycles. The number of hydrogen-bond acceptors (Lipinski definition) is 5. The predicted molar refractivity (Wildman–Crippen MR) is 126 cm³/mol. The Hall–Kier alpha value is -2.88. The molecule has 2 aromatic carbocycles. The Bertz CT molecular complexity index is 1200. The van der Waals surface area contributed by atoms with Gasteiger partial charge in [-0.2, -0.15) is 4.31 Å². The first-order valence-corrected chi connectivity index (χ1v) is 12.4. The Kier molecular flexibility index (Phi) is 7.02. The Balaban J connectivity index is 1.28. The summed E-state index contributed by atoms with van der Waals surface area (Å²) in [5.74, 6) is 1.13. The Morgan fingerprint density at radius 1 is 1.12 bits per heavy atom. The minimum absolute atomic E-state index is 0.111. The molecule has 1 saturated heterocycles. The van der Waals surface area contributed by atoms with Gasteiger partial charge in [-0.05, 0) is 61.4 Å². The van der Waals surface area contributed by atoms with Crippen molar-refractivity contribution in [1.29, 1.82) is 0 Å². The molecule has 10 heteroatoms. The minimum Gasteiger partial charge on any atom is -0.486 e. The number of carbonyl (C=O) groups excluding carboxylic acids is 1. The first-order valence-electron chi connectivity index (χ1n) is 10.6. The number of amides is 1. The Morgan fingerprint density at radius 2 is 1.79 bits per heavy atom. The maximum Gasteiger partial charge on any atom is 0.243 e. The maximum atomic E-state index is 12.8. The molecule has 1 aliphatic heterocycles. The number of nitrogens with zero attached hydrogens (tertiary/aromatic N) is 3. The summed E-state index contributed by atoms with van der Waals surface area (Å²) >= 11 is 5.86. The fourth-order valence-electron chi connectivity index (χ4n) is 3.68. The van der Waals surface area contributed by atoms with Crippen molar-refractivity contribution in [3.05, 3.63) is 71.8 Å². The highest BCUT2D eigenvalue weighted by molar-refractivity contribution is 7.89. The Morgan fingerprint density at radius 3 is 2.39 bits per heavy atom. The molecule has 4 rings (SSSR count). The molecule has 1 amide bonds. The molecule has 8 nitrogen and oxygen atoms in total. The number of ether oxygens (including phenoxy) is 1. The molecule has 0 unspecified atom stereocenters. The van der Waals surface area contributed by atoms with Crippen LogP contribution in [0.15, 0.2) is 65.8 Å². The molecule has 0 atom stereocenters. The van der Waals surface area contributed by atoms with Gasteiger partial charge in [-0.3, -0.25) is 4.79 Å². The quantitative estimate of drug-likeness (QED) is 0.547. The second kappa shape index (κ2) is 9.94. The summed E-state index contributed by atoms with van der Waals surface area (Å²) in [4.78, 5) is 17.1. The lowest BCUT2D eigenvalue weighted by Gasteiger charge is -2.30. The van der Waals surface area contributed by atoms with Crippen LogP contribution in [0.5, 0.6) is 5.75 Å². The third kappa shape index (κ3) is 5.55. The molecule has 0 bridgehead atoms. The fourth-order valence-corrected chi connectivity index (χ4v) is 5.27. The lowest BCUT2D eigenvalue weighted by Crippen LogP contribution is -2.41. The third-order valence-electron chi connectivity index (χ3n) is 5.69. The second-order valence-corrected chi connectivity index (χ2v) is 10.3. The van der Waals surface area contributed by atoms with Crippen LogP contribution in [0.1, 0.15) is 18.7 Å². The number of piperidine rings is 1. The van der Waals surface area contributed by atoms with Crippen molar-refractivity contribution in [3.63, 3.8) is 0 Å². The average Bonchev–Trinajstić information content (AvgIpc) is 3.23. The van der Waals surface area contributed by atoms with Gasteiger partial charge in [0, 0.05) is 49.2 Å². The van der Waals surface area contributed by atoms with Gasteiger partial charge in [-0.15, -0.1) is 0 Å². The summed E-state index contributed by atoms with van der Waals surface area (Å²) in [6.07, 6.45) is 4.50. The number of anilines is 1. The number of hydrogen-bond donors (Lipinski definition) is 1. The maximum absolute atomic E-state index is 12.8. The van der Waals surface area contributed by atoms with Crippen LogP contribution in [0, 0.1) is 5.92 Å². The molecule has 2 heterocycles. The van der Waals surface area contributed by atoms with E-state index in [1.807, 2.05) is 17.8 Å². The molecule has 0 radical (unpaired) electrons. The molecule has 0 saturated carbocycles. The molecule has 1 fully saturated rings. The zero-order chi connectivity index (χ0) is 23.4. The largest absolute Gasteiger partial charge is 0.486 e. The van der Waals surface area contributed by atoms with Gasteiger partial charge in [-0.25, -0.2) is 13.4 Å². The molecule has 33 heavy (non-hydrogen) atoms. The summed E-state index contributed by atoms with van der Waals surface area (Å²) in [5, 5.41) is 3.40. The van der Waals surface area contributed by atoms with Crippen LogP contribution in [-0.4, -0.2) is 41.3 Å². The van der Waals surface area contributed by atoms with Crippen LogP contribution in [0.4, 0.5) is 5.69 Å². The van der Waals surface area contributed by atoms with Crippen LogP contribution in [0.3, 0.4) is 0 Å². The van der Waals surface area contributed by atoms with Gasteiger partial charge in [0.2, 0.25) is 15.9 Å². The van der Waals surface area contributed by atoms with E-state index in [2.05, 4.69) is 10.3 Å². The SMILES string of the molecule is Cn1ccnc1COc1ccc(NC(=O)C2CCN(S(=O)(=O)c3ccc(Cl)cc3)CC2)cc1. The van der Waals surface area contributed by atoms with Gasteiger partial charge in [0.25, 0.3) is 0 Å². The number of carbonyl (C=O) groups is 1. The number of aromatic nitrogens is 2. The highest BCUT2D eigenvalue weighted by Gasteiger charge is 2.32. The normalized spacial score (nSPS) is 15.3. The smallest absolute Gasteiger partial charge is 0.243 e. The van der Waals surface area contributed by atoms with E-state index in [0.29, 0.717) is 49.0 Å². The van der Waals surface area contributed by atoms with Crippen molar-refractivity contribution < 1.29 is 17.9 Å². The van der Waals surface area contributed by atoms with E-state index in [9.17, 15) is 13.2 Å². The summed E-state index contributed by atoms with van der Waals surface area (Å²) in [5.41, 5.74) is 0.667. The van der Waals surface area contributed by atoms with Crippen LogP contribution in [0.2, 0.25) is 5.02 Å². The summed E-state index contributed by atoms with van der Waals surface area (Å²) in [6, 6.07) is 13.3. The molecule has 174 valence electrons. The van der Waals surface area contributed by atoms with Gasteiger partial charge in [0.15, 0.2) is 0 Å². The average molecular weight is 489 g/mol. The summed E-state index contributed by atoms with van der Waals surface area (Å²) in [6.45, 7) is 0.943. The fraction of sp³-hybridized carbons (Fsp3) is 0.304. The standard InChI is InChI=1S/C23H25ClN4O4S/c1-27-15-12-25-22(27)16-32-20-6-4-19(5-7-20)26-23(29)17-10-13-28(14-11-17)33(30,31)21-8-2-18(24)3-9-21/h2-9,12,15,17H,10-11,13-14,16H2,1H3,(H,26,29). The predicted octanol–water partition coefficient (Wildman–Crippen LogP) is 3.69. The number of benzene rings is 2. The van der Waals surface area contributed by atoms with Crippen LogP contribution in [-0.2, 0) is 28.5 Å². The third-order valence-corrected chi connectivity index (χ3v) is 7.85. The number of halogens is 1. The van der Waals surface area contributed by atoms with Crippen molar-refractivity contribution >= 4 is 33.2 Å². The van der Waals surface area contributed by atoms with E-state index in [-0.39, 0.29) is 16.7 Å². The molecule has 0 spiro atoms. The van der Waals surface area contributed by atoms with E-state index in [4.69, 9.17) is 16.3 Å². The molecular formula is C23H25ClN4O4S. The van der Waals surface area contributed by atoms with E-state index in [1.54, 1.807) is 42.6 Å². The number of nitrogens with one attached hydrogen (secondary N) is 1. The number of sulfonamides is 1. The van der Waals surface area contributed by atoms with E-state index < -0.39 is 10.0 Å². The van der Waals surface area contributed by atoms with Gasteiger partial charge in [0.1, 0.15) is 18.2 Å². The zero-order valence-corrected chi connectivity index (χ0v) is 19.7. The first kappa shape index (κ1) is 23.3. The highest BCUT2D eigenvalue weighted by Crippen LogP contribution is 2.26. The van der Waals surface area contributed by atoms with E-state index >= 15 is 0 Å². The molecule has 3 aromatic rings. The van der Waals surface area contributed by atoms with Crippen molar-refractivity contribution in [2.75, 3.05) is 18.4 Å². The first-order chi connectivity index (χ1) is 15.8. The van der Waals surface area contributed by atoms with Gasteiger partial charge in [-0.1, -0.05) is 11.6 Å². The molecule has 1 aromatic heterocycles.